The van der Waals surface area contributed by atoms with Gasteiger partial charge in [-0.1, -0.05) is 18.2 Å². The van der Waals surface area contributed by atoms with Gasteiger partial charge in [0.15, 0.2) is 11.5 Å². The number of nitrogens with zero attached hydrogens (tertiary/aromatic N) is 2. The Balaban J connectivity index is 1.99. The van der Waals surface area contributed by atoms with Crippen LogP contribution in [0.25, 0.3) is 17.0 Å². The number of ketones is 1. The molecule has 1 aromatic heterocycles. The zero-order valence-corrected chi connectivity index (χ0v) is 15.1. The highest BCUT2D eigenvalue weighted by Gasteiger charge is 2.23. The molecule has 7 nitrogen and oxygen atoms in total. The number of ether oxygens (including phenoxy) is 2. The lowest BCUT2D eigenvalue weighted by atomic mass is 10.1. The fourth-order valence-corrected chi connectivity index (χ4v) is 2.99. The minimum atomic E-state index is -0.605. The van der Waals surface area contributed by atoms with Gasteiger partial charge in [-0.05, 0) is 24.3 Å². The molecule has 2 aromatic carbocycles. The lowest BCUT2D eigenvalue weighted by Gasteiger charge is -2.09. The van der Waals surface area contributed by atoms with E-state index in [1.165, 1.54) is 32.4 Å². The van der Waals surface area contributed by atoms with Gasteiger partial charge in [-0.3, -0.25) is 14.9 Å². The Morgan fingerprint density at radius 1 is 1.19 bits per heavy atom. The smallest absolute Gasteiger partial charge is 0.315 e. The van der Waals surface area contributed by atoms with Gasteiger partial charge in [0.1, 0.15) is 0 Å². The number of carbonyl (C=O) groups is 1. The van der Waals surface area contributed by atoms with Crippen molar-refractivity contribution < 1.29 is 19.2 Å². The third-order valence-electron chi connectivity index (χ3n) is 4.28. The van der Waals surface area contributed by atoms with Crippen LogP contribution < -0.4 is 9.47 Å². The molecule has 0 unspecified atom stereocenters. The Morgan fingerprint density at radius 3 is 2.59 bits per heavy atom. The molecule has 27 heavy (non-hydrogen) atoms. The molecular formula is C20H18N2O5. The average molecular weight is 366 g/mol. The van der Waals surface area contributed by atoms with Crippen LogP contribution in [0.5, 0.6) is 11.5 Å². The summed E-state index contributed by atoms with van der Waals surface area (Å²) in [6, 6.07) is 10.5. The van der Waals surface area contributed by atoms with Crippen molar-refractivity contribution in [3.8, 4) is 11.5 Å². The number of hydrogen-bond acceptors (Lipinski definition) is 5. The second-order valence-corrected chi connectivity index (χ2v) is 5.90. The van der Waals surface area contributed by atoms with E-state index >= 15 is 0 Å². The summed E-state index contributed by atoms with van der Waals surface area (Å²) in [4.78, 5) is 23.3. The van der Waals surface area contributed by atoms with Gasteiger partial charge >= 0.3 is 5.69 Å². The van der Waals surface area contributed by atoms with E-state index in [0.717, 1.165) is 16.5 Å². The van der Waals surface area contributed by atoms with Crippen LogP contribution in [0.3, 0.4) is 0 Å². The predicted molar refractivity (Wildman–Crippen MR) is 102 cm³/mol. The number of hydrogen-bond donors (Lipinski definition) is 0. The summed E-state index contributed by atoms with van der Waals surface area (Å²) in [5.74, 6) is -0.252. The first-order valence-corrected chi connectivity index (χ1v) is 8.13. The Hall–Kier alpha value is -3.61. The normalized spacial score (nSPS) is 11.1. The van der Waals surface area contributed by atoms with Gasteiger partial charge in [0.05, 0.1) is 19.1 Å². The van der Waals surface area contributed by atoms with Crippen molar-refractivity contribution in [1.29, 1.82) is 0 Å². The highest BCUT2D eigenvalue weighted by atomic mass is 16.6. The Morgan fingerprint density at radius 2 is 1.93 bits per heavy atom. The summed E-state index contributed by atoms with van der Waals surface area (Å²) < 4.78 is 12.2. The Kier molecular flexibility index (Phi) is 4.94. The average Bonchev–Trinajstić information content (AvgIpc) is 3.00. The SMILES string of the molecule is COc1cc(C(=O)/C=C/c2cn(C)c3ccccc23)cc([N+](=O)[O-])c1OC. The summed E-state index contributed by atoms with van der Waals surface area (Å²) in [5, 5.41) is 12.3. The fraction of sp³-hybridized carbons (Fsp3) is 0.150. The number of fused-ring (bicyclic) bond motifs is 1. The molecule has 0 bridgehead atoms. The summed E-state index contributed by atoms with van der Waals surface area (Å²) in [6.45, 7) is 0. The molecule has 0 amide bonds. The van der Waals surface area contributed by atoms with E-state index < -0.39 is 4.92 Å². The van der Waals surface area contributed by atoms with Gasteiger partial charge in [0.25, 0.3) is 0 Å². The molecular weight excluding hydrogens is 348 g/mol. The number of benzene rings is 2. The molecule has 3 rings (SSSR count). The van der Waals surface area contributed by atoms with Crippen molar-refractivity contribution >= 4 is 28.4 Å². The fourth-order valence-electron chi connectivity index (χ4n) is 2.99. The summed E-state index contributed by atoms with van der Waals surface area (Å²) >= 11 is 0. The minimum Gasteiger partial charge on any atom is -0.493 e. The molecule has 7 heteroatoms. The van der Waals surface area contributed by atoms with Crippen molar-refractivity contribution in [2.75, 3.05) is 14.2 Å². The molecule has 0 radical (unpaired) electrons. The third kappa shape index (κ3) is 3.39. The maximum absolute atomic E-state index is 12.6. The van der Waals surface area contributed by atoms with Gasteiger partial charge in [0.2, 0.25) is 5.75 Å². The van der Waals surface area contributed by atoms with E-state index in [2.05, 4.69) is 0 Å². The van der Waals surface area contributed by atoms with Crippen molar-refractivity contribution in [2.24, 2.45) is 7.05 Å². The number of aryl methyl sites for hydroxylation is 1. The second-order valence-electron chi connectivity index (χ2n) is 5.90. The number of allylic oxidation sites excluding steroid dienone is 1. The van der Waals surface area contributed by atoms with Crippen molar-refractivity contribution in [3.63, 3.8) is 0 Å². The van der Waals surface area contributed by atoms with E-state index in [0.29, 0.717) is 0 Å². The largest absolute Gasteiger partial charge is 0.493 e. The monoisotopic (exact) mass is 366 g/mol. The van der Waals surface area contributed by atoms with E-state index in [-0.39, 0.29) is 28.5 Å². The predicted octanol–water partition coefficient (Wildman–Crippen LogP) is 4.00. The van der Waals surface area contributed by atoms with Crippen LogP contribution in [0, 0.1) is 10.1 Å². The van der Waals surface area contributed by atoms with Crippen LogP contribution in [0.2, 0.25) is 0 Å². The quantitative estimate of drug-likeness (QED) is 0.285. The van der Waals surface area contributed by atoms with E-state index in [1.54, 1.807) is 6.08 Å². The Labute approximate surface area is 155 Å². The van der Waals surface area contributed by atoms with Gasteiger partial charge < -0.3 is 14.0 Å². The number of para-hydroxylation sites is 1. The molecule has 1 heterocycles. The van der Waals surface area contributed by atoms with Crippen molar-refractivity contribution in [1.82, 2.24) is 4.57 Å². The summed E-state index contributed by atoms with van der Waals surface area (Å²) in [5.41, 5.74) is 1.76. The zero-order chi connectivity index (χ0) is 19.6. The topological polar surface area (TPSA) is 83.6 Å². The maximum atomic E-state index is 12.6. The molecule has 0 aliphatic carbocycles. The number of aromatic nitrogens is 1. The Bertz CT molecular complexity index is 1070. The van der Waals surface area contributed by atoms with E-state index in [1.807, 2.05) is 42.1 Å². The lowest BCUT2D eigenvalue weighted by molar-refractivity contribution is -0.385. The molecule has 3 aromatic rings. The number of nitro groups is 1. The molecule has 138 valence electrons. The summed E-state index contributed by atoms with van der Waals surface area (Å²) in [6.07, 6.45) is 5.02. The minimum absolute atomic E-state index is 0.0166. The van der Waals surface area contributed by atoms with Gasteiger partial charge in [-0.15, -0.1) is 0 Å². The molecule has 0 N–H and O–H groups in total. The first-order valence-electron chi connectivity index (χ1n) is 8.13. The lowest BCUT2D eigenvalue weighted by Crippen LogP contribution is -2.02. The van der Waals surface area contributed by atoms with Crippen molar-refractivity contribution in [3.05, 3.63) is 69.9 Å². The first kappa shape index (κ1) is 18.2. The highest BCUT2D eigenvalue weighted by molar-refractivity contribution is 6.08. The maximum Gasteiger partial charge on any atom is 0.315 e. The van der Waals surface area contributed by atoms with Crippen LogP contribution in [0.4, 0.5) is 5.69 Å². The first-order chi connectivity index (χ1) is 13.0. The summed E-state index contributed by atoms with van der Waals surface area (Å²) in [7, 11) is 4.60. The van der Waals surface area contributed by atoms with Gasteiger partial charge in [-0.2, -0.15) is 0 Å². The third-order valence-corrected chi connectivity index (χ3v) is 4.28. The number of nitro benzene ring substituents is 1. The number of carbonyl (C=O) groups excluding carboxylic acids is 1. The molecule has 0 aliphatic heterocycles. The molecule has 0 fully saturated rings. The molecule has 0 saturated carbocycles. The molecule has 0 saturated heterocycles. The van der Waals surface area contributed by atoms with Crippen LogP contribution in [0.15, 0.2) is 48.7 Å². The van der Waals surface area contributed by atoms with E-state index in [4.69, 9.17) is 9.47 Å². The second kappa shape index (κ2) is 7.33. The molecule has 0 aliphatic rings. The van der Waals surface area contributed by atoms with Crippen LogP contribution >= 0.6 is 0 Å². The van der Waals surface area contributed by atoms with E-state index in [9.17, 15) is 14.9 Å². The van der Waals surface area contributed by atoms with Crippen LogP contribution in [-0.4, -0.2) is 29.5 Å². The van der Waals surface area contributed by atoms with Crippen LogP contribution in [0.1, 0.15) is 15.9 Å². The number of rotatable bonds is 6. The van der Waals surface area contributed by atoms with Gasteiger partial charge in [-0.25, -0.2) is 0 Å². The standard InChI is InChI=1S/C20H18N2O5/c1-21-12-13(15-6-4-5-7-16(15)21)8-9-18(23)14-10-17(22(24)25)20(27-3)19(11-14)26-2/h4-12H,1-3H3/b9-8+. The van der Waals surface area contributed by atoms with Crippen molar-refractivity contribution in [2.45, 2.75) is 0 Å². The highest BCUT2D eigenvalue weighted by Crippen LogP contribution is 2.38. The molecule has 0 atom stereocenters. The van der Waals surface area contributed by atoms with Crippen LogP contribution in [-0.2, 0) is 7.05 Å². The zero-order valence-electron chi connectivity index (χ0n) is 15.1. The molecule has 0 spiro atoms. The number of methoxy groups -OCH3 is 2. The van der Waals surface area contributed by atoms with Gasteiger partial charge in [0, 0.05) is 41.3 Å².